The third-order valence-corrected chi connectivity index (χ3v) is 8.18. The smallest absolute Gasteiger partial charge is 0.240 e. The quantitative estimate of drug-likeness (QED) is 0.756. The Labute approximate surface area is 192 Å². The van der Waals surface area contributed by atoms with E-state index in [0.717, 1.165) is 83.1 Å². The number of anilines is 1. The molecule has 32 heavy (non-hydrogen) atoms. The predicted octanol–water partition coefficient (Wildman–Crippen LogP) is 3.25. The molecule has 0 radical (unpaired) electrons. The van der Waals surface area contributed by atoms with Crippen LogP contribution in [-0.4, -0.2) is 71.7 Å². The normalized spacial score (nSPS) is 27.4. The number of rotatable bonds is 5. The van der Waals surface area contributed by atoms with Gasteiger partial charge in [-0.15, -0.1) is 0 Å². The number of likely N-dealkylation sites (tertiary alicyclic amines) is 1. The fourth-order valence-corrected chi connectivity index (χ4v) is 6.26. The van der Waals surface area contributed by atoms with E-state index < -0.39 is 0 Å². The fourth-order valence-electron chi connectivity index (χ4n) is 6.26. The van der Waals surface area contributed by atoms with Crippen molar-refractivity contribution < 1.29 is 9.53 Å². The molecule has 7 nitrogen and oxygen atoms in total. The molecule has 0 spiro atoms. The summed E-state index contributed by atoms with van der Waals surface area (Å²) in [6.45, 7) is 5.51. The van der Waals surface area contributed by atoms with Crippen molar-refractivity contribution >= 4 is 11.9 Å². The number of carbonyl (C=O) groups excluding carboxylic acids is 1. The number of nitrogens with zero attached hydrogens (tertiary/aromatic N) is 4. The first-order valence-electron chi connectivity index (χ1n) is 13.0. The Bertz CT molecular complexity index is 769. The maximum atomic E-state index is 13.7. The van der Waals surface area contributed by atoms with Crippen molar-refractivity contribution in [1.29, 1.82) is 0 Å². The van der Waals surface area contributed by atoms with E-state index >= 15 is 0 Å². The summed E-state index contributed by atoms with van der Waals surface area (Å²) in [5, 5.41) is 3.47. The maximum Gasteiger partial charge on any atom is 0.240 e. The molecule has 3 saturated heterocycles. The lowest BCUT2D eigenvalue weighted by Gasteiger charge is -2.47. The second-order valence-electron chi connectivity index (χ2n) is 10.2. The van der Waals surface area contributed by atoms with Gasteiger partial charge in [-0.1, -0.05) is 25.7 Å². The zero-order chi connectivity index (χ0) is 21.8. The van der Waals surface area contributed by atoms with Gasteiger partial charge in [-0.05, 0) is 64.1 Å². The van der Waals surface area contributed by atoms with Crippen LogP contribution in [0.4, 0.5) is 5.95 Å². The van der Waals surface area contributed by atoms with Gasteiger partial charge >= 0.3 is 0 Å². The summed E-state index contributed by atoms with van der Waals surface area (Å²) >= 11 is 0. The highest BCUT2D eigenvalue weighted by molar-refractivity contribution is 5.87. The number of hydrogen-bond donors (Lipinski definition) is 1. The Morgan fingerprint density at radius 3 is 2.53 bits per heavy atom. The van der Waals surface area contributed by atoms with E-state index in [9.17, 15) is 4.79 Å². The van der Waals surface area contributed by atoms with Crippen LogP contribution in [0.2, 0.25) is 0 Å². The van der Waals surface area contributed by atoms with Crippen LogP contribution in [-0.2, 0) is 9.53 Å². The zero-order valence-electron chi connectivity index (χ0n) is 19.4. The molecular weight excluding hydrogens is 402 g/mol. The molecule has 1 aromatic rings. The number of hydrogen-bond acceptors (Lipinski definition) is 6. The molecule has 1 N–H and O–H groups in total. The summed E-state index contributed by atoms with van der Waals surface area (Å²) in [5.74, 6) is 1.57. The molecule has 3 aliphatic heterocycles. The zero-order valence-corrected chi connectivity index (χ0v) is 19.4. The van der Waals surface area contributed by atoms with Gasteiger partial charge in [0.15, 0.2) is 0 Å². The number of nitrogens with one attached hydrogen (secondary N) is 1. The van der Waals surface area contributed by atoms with Crippen LogP contribution in [0.3, 0.4) is 0 Å². The fraction of sp³-hybridized carbons (Fsp3) is 0.800. The summed E-state index contributed by atoms with van der Waals surface area (Å²) in [6.07, 6.45) is 14.3. The first-order chi connectivity index (χ1) is 15.7. The molecule has 4 heterocycles. The standard InChI is InChI=1S/C25H39N5O2/c31-23(25(11-3-1-4-12-25)30-14-5-2-6-15-30)27-21-8-16-29(19-21)24-26-13-7-22(28-24)20-9-17-32-18-10-20/h7,13,20-21H,1-6,8-12,14-19H2,(H,27,31). The second kappa shape index (κ2) is 10.0. The Morgan fingerprint density at radius 1 is 1.00 bits per heavy atom. The summed E-state index contributed by atoms with van der Waals surface area (Å²) in [5.41, 5.74) is 0.864. The molecular formula is C25H39N5O2. The predicted molar refractivity (Wildman–Crippen MR) is 125 cm³/mol. The van der Waals surface area contributed by atoms with Crippen LogP contribution >= 0.6 is 0 Å². The third kappa shape index (κ3) is 4.65. The van der Waals surface area contributed by atoms with E-state index in [2.05, 4.69) is 26.2 Å². The van der Waals surface area contributed by atoms with Crippen molar-refractivity contribution in [2.75, 3.05) is 44.3 Å². The minimum Gasteiger partial charge on any atom is -0.381 e. The van der Waals surface area contributed by atoms with Crippen molar-refractivity contribution in [3.63, 3.8) is 0 Å². The Balaban J connectivity index is 1.23. The van der Waals surface area contributed by atoms with Gasteiger partial charge in [0.1, 0.15) is 5.54 Å². The molecule has 1 unspecified atom stereocenters. The van der Waals surface area contributed by atoms with E-state index in [1.54, 1.807) is 0 Å². The lowest BCUT2D eigenvalue weighted by Crippen LogP contribution is -2.62. The van der Waals surface area contributed by atoms with Gasteiger partial charge in [-0.25, -0.2) is 9.97 Å². The molecule has 0 bridgehead atoms. The molecule has 5 rings (SSSR count). The lowest BCUT2D eigenvalue weighted by atomic mass is 9.78. The Morgan fingerprint density at radius 2 is 1.75 bits per heavy atom. The van der Waals surface area contributed by atoms with Gasteiger partial charge in [0.2, 0.25) is 11.9 Å². The Kier molecular flexibility index (Phi) is 6.93. The summed E-state index contributed by atoms with van der Waals surface area (Å²) in [4.78, 5) is 27.9. The molecule has 1 atom stereocenters. The van der Waals surface area contributed by atoms with Crippen LogP contribution in [0.15, 0.2) is 12.3 Å². The van der Waals surface area contributed by atoms with E-state index in [1.165, 1.54) is 38.5 Å². The van der Waals surface area contributed by atoms with Crippen molar-refractivity contribution in [3.05, 3.63) is 18.0 Å². The molecule has 0 aromatic carbocycles. The molecule has 4 fully saturated rings. The largest absolute Gasteiger partial charge is 0.381 e. The topological polar surface area (TPSA) is 70.6 Å². The molecule has 4 aliphatic rings. The van der Waals surface area contributed by atoms with Crippen LogP contribution in [0.5, 0.6) is 0 Å². The number of carbonyl (C=O) groups is 1. The highest BCUT2D eigenvalue weighted by Crippen LogP contribution is 2.36. The first kappa shape index (κ1) is 22.1. The van der Waals surface area contributed by atoms with Gasteiger partial charge in [-0.3, -0.25) is 9.69 Å². The monoisotopic (exact) mass is 441 g/mol. The van der Waals surface area contributed by atoms with Gasteiger partial charge < -0.3 is 15.0 Å². The molecule has 1 amide bonds. The average molecular weight is 442 g/mol. The number of aromatic nitrogens is 2. The minimum atomic E-state index is -0.272. The third-order valence-electron chi connectivity index (χ3n) is 8.18. The number of amides is 1. The Hall–Kier alpha value is -1.73. The molecule has 176 valence electrons. The van der Waals surface area contributed by atoms with Crippen molar-refractivity contribution in [2.45, 2.75) is 88.1 Å². The van der Waals surface area contributed by atoms with Crippen LogP contribution in [0.25, 0.3) is 0 Å². The van der Waals surface area contributed by atoms with Crippen molar-refractivity contribution in [3.8, 4) is 0 Å². The molecule has 1 saturated carbocycles. The van der Waals surface area contributed by atoms with Crippen LogP contribution in [0.1, 0.15) is 82.2 Å². The van der Waals surface area contributed by atoms with Gasteiger partial charge in [0.05, 0.1) is 0 Å². The summed E-state index contributed by atoms with van der Waals surface area (Å²) in [6, 6.07) is 2.24. The minimum absolute atomic E-state index is 0.182. The van der Waals surface area contributed by atoms with E-state index in [1.807, 2.05) is 6.20 Å². The van der Waals surface area contributed by atoms with E-state index in [-0.39, 0.29) is 17.5 Å². The highest BCUT2D eigenvalue weighted by atomic mass is 16.5. The highest BCUT2D eigenvalue weighted by Gasteiger charge is 2.45. The average Bonchev–Trinajstić information content (AvgIpc) is 3.34. The summed E-state index contributed by atoms with van der Waals surface area (Å²) < 4.78 is 5.51. The van der Waals surface area contributed by atoms with E-state index in [4.69, 9.17) is 9.72 Å². The van der Waals surface area contributed by atoms with Crippen molar-refractivity contribution in [1.82, 2.24) is 20.2 Å². The van der Waals surface area contributed by atoms with Crippen LogP contribution in [0, 0.1) is 0 Å². The van der Waals surface area contributed by atoms with Gasteiger partial charge in [0.25, 0.3) is 0 Å². The van der Waals surface area contributed by atoms with Gasteiger partial charge in [0, 0.05) is 50.2 Å². The molecule has 7 heteroatoms. The van der Waals surface area contributed by atoms with Crippen LogP contribution < -0.4 is 10.2 Å². The molecule has 1 aromatic heterocycles. The first-order valence-corrected chi connectivity index (χ1v) is 13.0. The number of piperidine rings is 1. The van der Waals surface area contributed by atoms with Gasteiger partial charge in [-0.2, -0.15) is 0 Å². The SMILES string of the molecule is O=C(NC1CCN(c2nccc(C3CCOCC3)n2)C1)C1(N2CCCCC2)CCCCC1. The second-order valence-corrected chi connectivity index (χ2v) is 10.2. The maximum absolute atomic E-state index is 13.7. The van der Waals surface area contributed by atoms with Crippen molar-refractivity contribution in [2.24, 2.45) is 0 Å². The lowest BCUT2D eigenvalue weighted by molar-refractivity contribution is -0.137. The molecule has 1 aliphatic carbocycles. The summed E-state index contributed by atoms with van der Waals surface area (Å²) in [7, 11) is 0. The number of ether oxygens (including phenoxy) is 1. The van der Waals surface area contributed by atoms with E-state index in [0.29, 0.717) is 5.92 Å².